The molecular weight excluding hydrogens is 276 g/mol. The van der Waals surface area contributed by atoms with Gasteiger partial charge in [-0.25, -0.2) is 4.79 Å². The number of hydrogen-bond donors (Lipinski definition) is 1. The number of rotatable bonds is 3. The van der Waals surface area contributed by atoms with E-state index < -0.39 is 22.8 Å². The second kappa shape index (κ2) is 5.53. The van der Waals surface area contributed by atoms with Crippen LogP contribution in [-0.4, -0.2) is 39.4 Å². The number of para-hydroxylation sites is 1. The van der Waals surface area contributed by atoms with Crippen molar-refractivity contribution in [3.05, 3.63) is 46.0 Å². The van der Waals surface area contributed by atoms with E-state index in [2.05, 4.69) is 0 Å². The van der Waals surface area contributed by atoms with E-state index in [-0.39, 0.29) is 12.3 Å². The van der Waals surface area contributed by atoms with Gasteiger partial charge in [-0.1, -0.05) is 18.2 Å². The van der Waals surface area contributed by atoms with E-state index in [1.807, 2.05) is 0 Å². The number of amides is 1. The van der Waals surface area contributed by atoms with E-state index in [4.69, 9.17) is 4.74 Å². The molecule has 1 aliphatic rings. The van der Waals surface area contributed by atoms with Crippen LogP contribution >= 0.6 is 0 Å². The van der Waals surface area contributed by atoms with Gasteiger partial charge in [-0.3, -0.25) is 15.0 Å². The lowest BCUT2D eigenvalue weighted by Gasteiger charge is -2.29. The van der Waals surface area contributed by atoms with E-state index in [1.54, 1.807) is 44.2 Å². The molecule has 21 heavy (non-hydrogen) atoms. The van der Waals surface area contributed by atoms with E-state index in [0.29, 0.717) is 5.56 Å². The van der Waals surface area contributed by atoms with Gasteiger partial charge in [0.15, 0.2) is 0 Å². The van der Waals surface area contributed by atoms with E-state index in [1.165, 1.54) is 11.0 Å². The zero-order valence-electron chi connectivity index (χ0n) is 11.7. The third-order valence-electron chi connectivity index (χ3n) is 3.36. The lowest BCUT2D eigenvalue weighted by Crippen LogP contribution is -2.46. The van der Waals surface area contributed by atoms with Crippen LogP contribution in [0.2, 0.25) is 0 Å². The minimum Gasteiger partial charge on any atom is -0.465 e. The van der Waals surface area contributed by atoms with Gasteiger partial charge in [-0.2, -0.15) is 0 Å². The van der Waals surface area contributed by atoms with Crippen LogP contribution in [0.15, 0.2) is 30.3 Å². The summed E-state index contributed by atoms with van der Waals surface area (Å²) in [5.41, 5.74) is -0.505. The van der Waals surface area contributed by atoms with Crippen LogP contribution < -0.4 is 0 Å². The van der Waals surface area contributed by atoms with Crippen LogP contribution in [0.4, 0.5) is 10.5 Å². The number of nitro benzene ring substituents is 1. The van der Waals surface area contributed by atoms with Gasteiger partial charge in [0.2, 0.25) is 0 Å². The highest BCUT2D eigenvalue weighted by atomic mass is 16.6. The Kier molecular flexibility index (Phi) is 3.95. The van der Waals surface area contributed by atoms with Crippen molar-refractivity contribution < 1.29 is 19.6 Å². The van der Waals surface area contributed by atoms with E-state index >= 15 is 0 Å². The molecule has 0 radical (unpaired) electrons. The van der Waals surface area contributed by atoms with Crippen LogP contribution in [0.5, 0.6) is 0 Å². The third kappa shape index (κ3) is 3.03. The maximum Gasteiger partial charge on any atom is 0.410 e. The number of nitrogens with zero attached hydrogens (tertiary/aromatic N) is 2. The summed E-state index contributed by atoms with van der Waals surface area (Å²) < 4.78 is 5.45. The summed E-state index contributed by atoms with van der Waals surface area (Å²) in [6, 6.07) is 5.82. The molecule has 0 saturated carbocycles. The van der Waals surface area contributed by atoms with Gasteiger partial charge in [-0.05, 0) is 26.0 Å². The molecule has 2 rings (SSSR count). The van der Waals surface area contributed by atoms with Gasteiger partial charge >= 0.3 is 6.09 Å². The summed E-state index contributed by atoms with van der Waals surface area (Å²) in [6.07, 6.45) is 2.09. The minimum absolute atomic E-state index is 0.0196. The van der Waals surface area contributed by atoms with Crippen LogP contribution in [0.3, 0.4) is 0 Å². The fourth-order valence-electron chi connectivity index (χ4n) is 2.36. The number of ether oxygens (including phenoxy) is 1. The highest BCUT2D eigenvalue weighted by Gasteiger charge is 2.42. The van der Waals surface area contributed by atoms with E-state index in [9.17, 15) is 20.0 Å². The zero-order chi connectivity index (χ0) is 15.6. The molecule has 1 N–H and O–H groups in total. The number of benzene rings is 1. The largest absolute Gasteiger partial charge is 0.465 e. The molecule has 1 aromatic carbocycles. The molecule has 1 atom stereocenters. The molecule has 1 saturated heterocycles. The fraction of sp³-hybridized carbons (Fsp3) is 0.357. The first-order valence-electron chi connectivity index (χ1n) is 6.41. The molecule has 1 aromatic rings. The van der Waals surface area contributed by atoms with Gasteiger partial charge in [0.25, 0.3) is 5.69 Å². The topological polar surface area (TPSA) is 92.9 Å². The standard InChI is InChI=1S/C14H16N2O5/c1-14(2)15(13(17)18)11(9-21-14)8-7-10-5-3-4-6-12(10)16(19)20/h3-8,11H,9H2,1-2H3,(H,17,18)/t11-/m1/s1. The molecule has 1 aliphatic heterocycles. The number of hydrogen-bond acceptors (Lipinski definition) is 4. The average Bonchev–Trinajstić information content (AvgIpc) is 2.71. The maximum absolute atomic E-state index is 11.3. The summed E-state index contributed by atoms with van der Waals surface area (Å²) in [7, 11) is 0. The Labute approximate surface area is 121 Å². The Morgan fingerprint density at radius 1 is 1.52 bits per heavy atom. The smallest absolute Gasteiger partial charge is 0.410 e. The van der Waals surface area contributed by atoms with Gasteiger partial charge in [-0.15, -0.1) is 0 Å². The zero-order valence-corrected chi connectivity index (χ0v) is 11.7. The van der Waals surface area contributed by atoms with Gasteiger partial charge in [0.05, 0.1) is 23.1 Å². The van der Waals surface area contributed by atoms with Crippen LogP contribution in [-0.2, 0) is 4.74 Å². The molecule has 1 amide bonds. The van der Waals surface area contributed by atoms with Crippen LogP contribution in [0.1, 0.15) is 19.4 Å². The quantitative estimate of drug-likeness (QED) is 0.683. The summed E-state index contributed by atoms with van der Waals surface area (Å²) >= 11 is 0. The first kappa shape index (κ1) is 15.0. The maximum atomic E-state index is 11.3. The Hall–Kier alpha value is -2.41. The second-order valence-electron chi connectivity index (χ2n) is 5.15. The van der Waals surface area contributed by atoms with Crippen LogP contribution in [0.25, 0.3) is 6.08 Å². The molecule has 112 valence electrons. The lowest BCUT2D eigenvalue weighted by atomic mass is 10.1. The fourth-order valence-corrected chi connectivity index (χ4v) is 2.36. The van der Waals surface area contributed by atoms with Crippen molar-refractivity contribution in [3.63, 3.8) is 0 Å². The summed E-state index contributed by atoms with van der Waals surface area (Å²) in [5, 5.41) is 20.2. The average molecular weight is 292 g/mol. The molecule has 0 spiro atoms. The number of carbonyl (C=O) groups is 1. The second-order valence-corrected chi connectivity index (χ2v) is 5.15. The van der Waals surface area contributed by atoms with Crippen molar-refractivity contribution in [2.45, 2.75) is 25.6 Å². The van der Waals surface area contributed by atoms with Crippen LogP contribution in [0, 0.1) is 10.1 Å². The monoisotopic (exact) mass is 292 g/mol. The first-order chi connectivity index (χ1) is 9.83. The summed E-state index contributed by atoms with van der Waals surface area (Å²) in [5.74, 6) is 0. The molecule has 0 aromatic heterocycles. The van der Waals surface area contributed by atoms with Gasteiger partial charge in [0.1, 0.15) is 5.72 Å². The molecule has 0 aliphatic carbocycles. The first-order valence-corrected chi connectivity index (χ1v) is 6.41. The van der Waals surface area contributed by atoms with Gasteiger partial charge in [0, 0.05) is 6.07 Å². The Morgan fingerprint density at radius 3 is 2.81 bits per heavy atom. The molecule has 1 fully saturated rings. The number of carboxylic acid groups (broad SMARTS) is 1. The Balaban J connectivity index is 2.26. The van der Waals surface area contributed by atoms with Crippen molar-refractivity contribution >= 4 is 17.9 Å². The highest BCUT2D eigenvalue weighted by molar-refractivity contribution is 5.68. The van der Waals surface area contributed by atoms with Crippen molar-refractivity contribution in [2.75, 3.05) is 6.61 Å². The molecule has 1 heterocycles. The molecule has 0 bridgehead atoms. The molecule has 0 unspecified atom stereocenters. The Morgan fingerprint density at radius 2 is 2.19 bits per heavy atom. The third-order valence-corrected chi connectivity index (χ3v) is 3.36. The molecular formula is C14H16N2O5. The predicted octanol–water partition coefficient (Wildman–Crippen LogP) is 2.72. The minimum atomic E-state index is -1.09. The highest BCUT2D eigenvalue weighted by Crippen LogP contribution is 2.29. The molecule has 7 nitrogen and oxygen atoms in total. The van der Waals surface area contributed by atoms with Crippen molar-refractivity contribution in [3.8, 4) is 0 Å². The molecule has 7 heteroatoms. The normalized spacial score (nSPS) is 20.9. The van der Waals surface area contributed by atoms with Crippen molar-refractivity contribution in [1.82, 2.24) is 4.90 Å². The summed E-state index contributed by atoms with van der Waals surface area (Å²) in [4.78, 5) is 23.0. The predicted molar refractivity (Wildman–Crippen MR) is 75.8 cm³/mol. The van der Waals surface area contributed by atoms with Gasteiger partial charge < -0.3 is 9.84 Å². The lowest BCUT2D eigenvalue weighted by molar-refractivity contribution is -0.385. The summed E-state index contributed by atoms with van der Waals surface area (Å²) in [6.45, 7) is 3.55. The Bertz CT molecular complexity index is 597. The SMILES string of the molecule is CC1(C)OC[C@@H](C=Cc2ccccc2[N+](=O)[O-])N1C(=O)O. The van der Waals surface area contributed by atoms with Crippen molar-refractivity contribution in [2.24, 2.45) is 0 Å². The number of nitro groups is 1. The van der Waals surface area contributed by atoms with E-state index in [0.717, 1.165) is 0 Å². The van der Waals surface area contributed by atoms with Crippen molar-refractivity contribution in [1.29, 1.82) is 0 Å².